The molecular weight excluding hydrogens is 372 g/mol. The minimum absolute atomic E-state index is 0.549. The molecule has 3 aromatic carbocycles. The van der Waals surface area contributed by atoms with E-state index in [1.54, 1.807) is 6.33 Å². The molecule has 0 aliphatic heterocycles. The number of benzene rings is 3. The second-order valence-corrected chi connectivity index (χ2v) is 7.49. The van der Waals surface area contributed by atoms with E-state index in [-0.39, 0.29) is 0 Å². The number of anilines is 2. The summed E-state index contributed by atoms with van der Waals surface area (Å²) in [7, 11) is 0. The van der Waals surface area contributed by atoms with Crippen molar-refractivity contribution in [2.75, 3.05) is 5.32 Å². The Morgan fingerprint density at radius 3 is 2.37 bits per heavy atom. The number of rotatable bonds is 4. The Kier molecular flexibility index (Phi) is 5.34. The number of ether oxygens (including phenoxy) is 1. The fraction of sp³-hybridized carbons (Fsp3) is 0.120. The van der Waals surface area contributed by atoms with Crippen LogP contribution in [0.5, 0.6) is 11.5 Å². The zero-order chi connectivity index (χ0) is 21.0. The first-order chi connectivity index (χ1) is 14.5. The second-order valence-electron chi connectivity index (χ2n) is 7.49. The van der Waals surface area contributed by atoms with E-state index in [1.807, 2.05) is 86.6 Å². The van der Waals surface area contributed by atoms with E-state index < -0.39 is 5.54 Å². The maximum Gasteiger partial charge on any atom is 0.141 e. The first-order valence-corrected chi connectivity index (χ1v) is 9.63. The molecule has 4 rings (SSSR count). The molecule has 0 bridgehead atoms. The van der Waals surface area contributed by atoms with E-state index in [1.165, 1.54) is 0 Å². The monoisotopic (exact) mass is 394 g/mol. The molecule has 5 heteroatoms. The van der Waals surface area contributed by atoms with Gasteiger partial charge in [0, 0.05) is 16.6 Å². The van der Waals surface area contributed by atoms with Crippen LogP contribution in [-0.4, -0.2) is 15.5 Å². The van der Waals surface area contributed by atoms with Gasteiger partial charge in [-0.25, -0.2) is 9.97 Å². The number of hydrogen-bond donors (Lipinski definition) is 2. The summed E-state index contributed by atoms with van der Waals surface area (Å²) in [6.45, 7) is 3.75. The minimum atomic E-state index is -0.549. The van der Waals surface area contributed by atoms with Gasteiger partial charge >= 0.3 is 0 Å². The fourth-order valence-corrected chi connectivity index (χ4v) is 2.83. The highest BCUT2D eigenvalue weighted by Crippen LogP contribution is 2.27. The van der Waals surface area contributed by atoms with Crippen LogP contribution in [0.4, 0.5) is 11.5 Å². The van der Waals surface area contributed by atoms with Crippen LogP contribution in [0.3, 0.4) is 0 Å². The van der Waals surface area contributed by atoms with Crippen LogP contribution >= 0.6 is 0 Å². The van der Waals surface area contributed by atoms with Crippen molar-refractivity contribution in [1.82, 2.24) is 9.97 Å². The molecule has 1 aromatic heterocycles. The third-order valence-electron chi connectivity index (χ3n) is 4.26. The predicted molar refractivity (Wildman–Crippen MR) is 121 cm³/mol. The average molecular weight is 394 g/mol. The van der Waals surface area contributed by atoms with E-state index in [9.17, 15) is 0 Å². The molecule has 30 heavy (non-hydrogen) atoms. The summed E-state index contributed by atoms with van der Waals surface area (Å²) in [5.41, 5.74) is 8.03. The van der Waals surface area contributed by atoms with E-state index in [4.69, 9.17) is 10.5 Å². The van der Waals surface area contributed by atoms with E-state index in [0.29, 0.717) is 5.82 Å². The van der Waals surface area contributed by atoms with Gasteiger partial charge in [-0.05, 0) is 68.4 Å². The molecule has 1 heterocycles. The Bertz CT molecular complexity index is 1220. The summed E-state index contributed by atoms with van der Waals surface area (Å²) in [6, 6.07) is 23.3. The quantitative estimate of drug-likeness (QED) is 0.462. The zero-order valence-corrected chi connectivity index (χ0v) is 16.9. The Hall–Kier alpha value is -3.88. The number of nitrogens with zero attached hydrogens (tertiary/aromatic N) is 2. The van der Waals surface area contributed by atoms with Crippen LogP contribution in [0.15, 0.2) is 79.1 Å². The fourth-order valence-electron chi connectivity index (χ4n) is 2.83. The number of para-hydroxylation sites is 1. The lowest BCUT2D eigenvalue weighted by molar-refractivity contribution is 0.483. The molecular formula is C25H22N4O. The molecule has 0 unspecified atom stereocenters. The maximum absolute atomic E-state index is 5.97. The van der Waals surface area contributed by atoms with Gasteiger partial charge in [-0.2, -0.15) is 0 Å². The summed E-state index contributed by atoms with van der Waals surface area (Å²) in [5, 5.41) is 4.25. The van der Waals surface area contributed by atoms with Crippen LogP contribution in [0.25, 0.3) is 10.9 Å². The maximum atomic E-state index is 5.97. The van der Waals surface area contributed by atoms with E-state index >= 15 is 0 Å². The van der Waals surface area contributed by atoms with Crippen molar-refractivity contribution >= 4 is 22.4 Å². The highest BCUT2D eigenvalue weighted by Gasteiger charge is 2.07. The van der Waals surface area contributed by atoms with E-state index in [2.05, 4.69) is 27.1 Å². The van der Waals surface area contributed by atoms with Crippen molar-refractivity contribution in [1.29, 1.82) is 0 Å². The highest BCUT2D eigenvalue weighted by atomic mass is 16.5. The molecule has 0 saturated heterocycles. The number of aromatic nitrogens is 2. The van der Waals surface area contributed by atoms with Gasteiger partial charge in [-0.3, -0.25) is 0 Å². The lowest BCUT2D eigenvalue weighted by Crippen LogP contribution is -2.29. The normalized spacial score (nSPS) is 10.9. The lowest BCUT2D eigenvalue weighted by atomic mass is 10.1. The van der Waals surface area contributed by atoms with Crippen LogP contribution in [0, 0.1) is 11.8 Å². The molecule has 0 fully saturated rings. The van der Waals surface area contributed by atoms with Crippen molar-refractivity contribution in [3.05, 3.63) is 84.7 Å². The Labute approximate surface area is 175 Å². The highest BCUT2D eigenvalue weighted by molar-refractivity contribution is 5.91. The Morgan fingerprint density at radius 1 is 0.900 bits per heavy atom. The predicted octanol–water partition coefficient (Wildman–Crippen LogP) is 5.25. The molecule has 0 spiro atoms. The van der Waals surface area contributed by atoms with Gasteiger partial charge in [-0.15, -0.1) is 0 Å². The molecule has 148 valence electrons. The summed E-state index contributed by atoms with van der Waals surface area (Å²) in [4.78, 5) is 8.77. The lowest BCUT2D eigenvalue weighted by Gasteiger charge is -2.10. The van der Waals surface area contributed by atoms with Gasteiger partial charge in [0.1, 0.15) is 23.6 Å². The van der Waals surface area contributed by atoms with Gasteiger partial charge in [0.15, 0.2) is 0 Å². The third kappa shape index (κ3) is 4.93. The van der Waals surface area contributed by atoms with Crippen molar-refractivity contribution in [3.63, 3.8) is 0 Å². The van der Waals surface area contributed by atoms with Gasteiger partial charge < -0.3 is 15.8 Å². The molecule has 0 amide bonds. The average Bonchev–Trinajstić information content (AvgIpc) is 2.74. The van der Waals surface area contributed by atoms with Crippen molar-refractivity contribution in [2.24, 2.45) is 5.73 Å². The smallest absolute Gasteiger partial charge is 0.141 e. The van der Waals surface area contributed by atoms with E-state index in [0.717, 1.165) is 33.7 Å². The molecule has 0 aliphatic rings. The largest absolute Gasteiger partial charge is 0.457 e. The van der Waals surface area contributed by atoms with Crippen molar-refractivity contribution in [3.8, 4) is 23.3 Å². The second kappa shape index (κ2) is 8.24. The van der Waals surface area contributed by atoms with Crippen LogP contribution in [0.1, 0.15) is 19.4 Å². The van der Waals surface area contributed by atoms with Crippen LogP contribution < -0.4 is 15.8 Å². The SMILES string of the molecule is CC(C)(N)C#Cc1ccc2ncnc(Nc3ccc(Oc4ccccc4)cc3)c2c1. The zero-order valence-electron chi connectivity index (χ0n) is 16.9. The number of fused-ring (bicyclic) bond motifs is 1. The van der Waals surface area contributed by atoms with Crippen molar-refractivity contribution in [2.45, 2.75) is 19.4 Å². The van der Waals surface area contributed by atoms with Gasteiger partial charge in [0.25, 0.3) is 0 Å². The topological polar surface area (TPSA) is 73.1 Å². The summed E-state index contributed by atoms with van der Waals surface area (Å²) in [5.74, 6) is 8.45. The number of hydrogen-bond acceptors (Lipinski definition) is 5. The van der Waals surface area contributed by atoms with Gasteiger partial charge in [0.05, 0.1) is 11.1 Å². The Morgan fingerprint density at radius 2 is 1.63 bits per heavy atom. The molecule has 0 radical (unpaired) electrons. The van der Waals surface area contributed by atoms with Gasteiger partial charge in [0.2, 0.25) is 0 Å². The molecule has 0 atom stereocenters. The van der Waals surface area contributed by atoms with Gasteiger partial charge in [-0.1, -0.05) is 30.0 Å². The number of nitrogens with two attached hydrogens (primary N) is 1. The summed E-state index contributed by atoms with van der Waals surface area (Å²) >= 11 is 0. The summed E-state index contributed by atoms with van der Waals surface area (Å²) in [6.07, 6.45) is 1.55. The molecule has 4 aromatic rings. The Balaban J connectivity index is 1.57. The molecule has 3 N–H and O–H groups in total. The number of nitrogens with one attached hydrogen (secondary N) is 1. The minimum Gasteiger partial charge on any atom is -0.457 e. The van der Waals surface area contributed by atoms with Crippen molar-refractivity contribution < 1.29 is 4.74 Å². The first kappa shape index (κ1) is 19.4. The summed E-state index contributed by atoms with van der Waals surface area (Å²) < 4.78 is 5.84. The molecule has 0 aliphatic carbocycles. The molecule has 5 nitrogen and oxygen atoms in total. The first-order valence-electron chi connectivity index (χ1n) is 9.63. The van der Waals surface area contributed by atoms with Crippen LogP contribution in [-0.2, 0) is 0 Å². The third-order valence-corrected chi connectivity index (χ3v) is 4.26. The standard InChI is InChI=1S/C25H22N4O/c1-25(2,26)15-14-18-8-13-23-22(16-18)24(28-17-27-23)29-19-9-11-21(12-10-19)30-20-6-4-3-5-7-20/h3-13,16-17H,26H2,1-2H3,(H,27,28,29). The molecule has 0 saturated carbocycles. The van der Waals surface area contributed by atoms with Crippen LogP contribution in [0.2, 0.25) is 0 Å².